The van der Waals surface area contributed by atoms with Crippen LogP contribution in [0.1, 0.15) is 0 Å². The number of hydrogen-bond acceptors (Lipinski definition) is 5. The summed E-state index contributed by atoms with van der Waals surface area (Å²) in [5.74, 6) is 1.91. The Labute approximate surface area is 295 Å². The van der Waals surface area contributed by atoms with Gasteiger partial charge in [0.1, 0.15) is 11.2 Å². The zero-order valence-electron chi connectivity index (χ0n) is 27.1. The van der Waals surface area contributed by atoms with Crippen molar-refractivity contribution in [1.29, 1.82) is 0 Å². The van der Waals surface area contributed by atoms with Gasteiger partial charge in [-0.3, -0.25) is 0 Å². The van der Waals surface area contributed by atoms with Crippen LogP contribution >= 0.6 is 11.3 Å². The molecule has 0 atom stereocenters. The molecule has 4 heterocycles. The van der Waals surface area contributed by atoms with Crippen LogP contribution in [0.25, 0.3) is 104 Å². The molecule has 0 spiro atoms. The molecule has 0 N–H and O–H groups in total. The molecule has 7 aromatic carbocycles. The number of fused-ring (bicyclic) bond motifs is 9. The summed E-state index contributed by atoms with van der Waals surface area (Å²) in [5, 5.41) is 6.98. The Kier molecular flexibility index (Phi) is 6.05. The number of para-hydroxylation sites is 2. The average molecular weight is 671 g/mol. The van der Waals surface area contributed by atoms with E-state index >= 15 is 0 Å². The van der Waals surface area contributed by atoms with Crippen LogP contribution in [-0.4, -0.2) is 19.5 Å². The monoisotopic (exact) mass is 670 g/mol. The first-order chi connectivity index (χ1) is 25.3. The largest absolute Gasteiger partial charge is 0.456 e. The van der Waals surface area contributed by atoms with Crippen LogP contribution in [0.5, 0.6) is 0 Å². The lowest BCUT2D eigenvalue weighted by atomic mass is 10.1. The second kappa shape index (κ2) is 10.9. The first-order valence-corrected chi connectivity index (χ1v) is 17.8. The predicted octanol–water partition coefficient (Wildman–Crippen LogP) is 12.2. The van der Waals surface area contributed by atoms with E-state index in [1.165, 1.54) is 42.0 Å². The van der Waals surface area contributed by atoms with E-state index in [9.17, 15) is 0 Å². The molecule has 0 saturated heterocycles. The minimum absolute atomic E-state index is 0.617. The maximum absolute atomic E-state index is 6.39. The van der Waals surface area contributed by atoms with Crippen LogP contribution in [0, 0.1) is 0 Å². The molecule has 0 unspecified atom stereocenters. The number of hydrogen-bond donors (Lipinski definition) is 0. The summed E-state index contributed by atoms with van der Waals surface area (Å²) < 4.78 is 11.1. The number of aromatic nitrogens is 4. The second-order valence-electron chi connectivity index (χ2n) is 12.8. The van der Waals surface area contributed by atoms with Gasteiger partial charge >= 0.3 is 0 Å². The van der Waals surface area contributed by atoms with Crippen LogP contribution in [0.15, 0.2) is 162 Å². The fourth-order valence-electron chi connectivity index (χ4n) is 7.51. The van der Waals surface area contributed by atoms with Gasteiger partial charge in [-0.05, 0) is 60.7 Å². The van der Waals surface area contributed by atoms with Crippen molar-refractivity contribution in [3.8, 4) is 39.9 Å². The molecule has 0 aliphatic rings. The molecule has 11 rings (SSSR count). The summed E-state index contributed by atoms with van der Waals surface area (Å²) >= 11 is 1.78. The number of benzene rings is 7. The molecule has 0 amide bonds. The van der Waals surface area contributed by atoms with Crippen LogP contribution in [-0.2, 0) is 0 Å². The van der Waals surface area contributed by atoms with Crippen molar-refractivity contribution in [3.05, 3.63) is 158 Å². The Morgan fingerprint density at radius 2 is 1.04 bits per heavy atom. The Hall–Kier alpha value is -6.63. The van der Waals surface area contributed by atoms with Crippen molar-refractivity contribution in [2.75, 3.05) is 0 Å². The smallest absolute Gasteiger partial charge is 0.165 e. The number of furan rings is 1. The highest BCUT2D eigenvalue weighted by Crippen LogP contribution is 2.40. The highest BCUT2D eigenvalue weighted by Gasteiger charge is 2.19. The predicted molar refractivity (Wildman–Crippen MR) is 211 cm³/mol. The number of nitrogens with zero attached hydrogens (tertiary/aromatic N) is 4. The lowest BCUT2D eigenvalue weighted by Crippen LogP contribution is -2.00. The molecule has 5 nitrogen and oxygen atoms in total. The molecule has 0 aliphatic heterocycles. The second-order valence-corrected chi connectivity index (χ2v) is 13.9. The average Bonchev–Trinajstić information content (AvgIpc) is 3.87. The maximum atomic E-state index is 6.39. The number of rotatable bonds is 4. The van der Waals surface area contributed by atoms with E-state index in [1.54, 1.807) is 11.3 Å². The summed E-state index contributed by atoms with van der Waals surface area (Å²) in [6.45, 7) is 0. The zero-order chi connectivity index (χ0) is 33.5. The Morgan fingerprint density at radius 1 is 0.431 bits per heavy atom. The van der Waals surface area contributed by atoms with E-state index in [0.717, 1.165) is 44.3 Å². The van der Waals surface area contributed by atoms with Gasteiger partial charge in [-0.1, -0.05) is 97.1 Å². The van der Waals surface area contributed by atoms with Gasteiger partial charge in [0, 0.05) is 64.1 Å². The van der Waals surface area contributed by atoms with E-state index < -0.39 is 0 Å². The van der Waals surface area contributed by atoms with Crippen molar-refractivity contribution in [3.63, 3.8) is 0 Å². The Morgan fingerprint density at radius 3 is 1.82 bits per heavy atom. The van der Waals surface area contributed by atoms with Crippen LogP contribution in [0.3, 0.4) is 0 Å². The quantitative estimate of drug-likeness (QED) is 0.187. The van der Waals surface area contributed by atoms with Gasteiger partial charge < -0.3 is 8.98 Å². The highest BCUT2D eigenvalue weighted by molar-refractivity contribution is 7.26. The van der Waals surface area contributed by atoms with Gasteiger partial charge in [0.15, 0.2) is 17.5 Å². The van der Waals surface area contributed by atoms with E-state index in [1.807, 2.05) is 42.5 Å². The van der Waals surface area contributed by atoms with Crippen LogP contribution < -0.4 is 0 Å². The fourth-order valence-corrected chi connectivity index (χ4v) is 8.72. The van der Waals surface area contributed by atoms with Gasteiger partial charge in [-0.15, -0.1) is 11.3 Å². The molecule has 4 aromatic heterocycles. The third kappa shape index (κ3) is 4.37. The van der Waals surface area contributed by atoms with Gasteiger partial charge in [0.05, 0.1) is 11.0 Å². The van der Waals surface area contributed by atoms with E-state index in [0.29, 0.717) is 17.5 Å². The van der Waals surface area contributed by atoms with Crippen molar-refractivity contribution in [2.45, 2.75) is 0 Å². The van der Waals surface area contributed by atoms with E-state index in [-0.39, 0.29) is 0 Å². The molecular weight excluding hydrogens is 645 g/mol. The highest BCUT2D eigenvalue weighted by atomic mass is 32.1. The molecule has 0 saturated carbocycles. The van der Waals surface area contributed by atoms with Crippen LogP contribution in [0.4, 0.5) is 0 Å². The molecular formula is C45H26N4OS. The molecule has 0 radical (unpaired) electrons. The molecule has 6 heteroatoms. The van der Waals surface area contributed by atoms with E-state index in [2.05, 4.69) is 120 Å². The summed E-state index contributed by atoms with van der Waals surface area (Å²) in [6.07, 6.45) is 0. The lowest BCUT2D eigenvalue weighted by molar-refractivity contribution is 0.669. The van der Waals surface area contributed by atoms with Gasteiger partial charge in [0.2, 0.25) is 0 Å². The molecule has 0 fully saturated rings. The van der Waals surface area contributed by atoms with Gasteiger partial charge in [-0.25, -0.2) is 15.0 Å². The minimum atomic E-state index is 0.617. The standard InChI is InChI=1S/C45H26N4OS/c1-2-11-27(12-3-1)43-46-44(48-45(47-43)34-17-10-16-33-32-15-6-9-20-41(32)51-42(33)34)28-21-23-39-35(25-28)36-26-29(22-24-40(36)50-39)49-37-18-7-4-13-30(37)31-14-5-8-19-38(31)49/h1-26H. The first-order valence-electron chi connectivity index (χ1n) is 16.9. The third-order valence-corrected chi connectivity index (χ3v) is 11.1. The van der Waals surface area contributed by atoms with Crippen molar-refractivity contribution < 1.29 is 4.42 Å². The summed E-state index contributed by atoms with van der Waals surface area (Å²) in [5.41, 5.74) is 7.93. The summed E-state index contributed by atoms with van der Waals surface area (Å²) in [6, 6.07) is 55.0. The van der Waals surface area contributed by atoms with Gasteiger partial charge in [-0.2, -0.15) is 0 Å². The summed E-state index contributed by atoms with van der Waals surface area (Å²) in [7, 11) is 0. The molecule has 238 valence electrons. The first kappa shape index (κ1) is 28.2. The third-order valence-electron chi connectivity index (χ3n) is 9.86. The maximum Gasteiger partial charge on any atom is 0.165 e. The Bertz CT molecular complexity index is 3100. The van der Waals surface area contributed by atoms with Gasteiger partial charge in [0.25, 0.3) is 0 Å². The normalized spacial score (nSPS) is 11.9. The fraction of sp³-hybridized carbons (Fsp3) is 0. The van der Waals surface area contributed by atoms with Crippen molar-refractivity contribution in [1.82, 2.24) is 19.5 Å². The summed E-state index contributed by atoms with van der Waals surface area (Å²) in [4.78, 5) is 15.3. The Balaban J connectivity index is 1.12. The molecule has 51 heavy (non-hydrogen) atoms. The van der Waals surface area contributed by atoms with Crippen molar-refractivity contribution in [2.24, 2.45) is 0 Å². The SMILES string of the molecule is c1ccc(-c2nc(-c3ccc4oc5ccc(-n6c7ccccc7c7ccccc76)cc5c4c3)nc(-c3cccc4c3sc3ccccc34)n2)cc1. The molecule has 0 aliphatic carbocycles. The van der Waals surface area contributed by atoms with E-state index in [4.69, 9.17) is 19.4 Å². The van der Waals surface area contributed by atoms with Crippen LogP contribution in [0.2, 0.25) is 0 Å². The topological polar surface area (TPSA) is 56.7 Å². The molecule has 0 bridgehead atoms. The molecule has 11 aromatic rings. The van der Waals surface area contributed by atoms with Crippen molar-refractivity contribution >= 4 is 75.3 Å². The lowest BCUT2D eigenvalue weighted by Gasteiger charge is -2.09. The zero-order valence-corrected chi connectivity index (χ0v) is 27.9. The number of thiophene rings is 1. The minimum Gasteiger partial charge on any atom is -0.456 e.